The second-order valence-electron chi connectivity index (χ2n) is 15.0. The first kappa shape index (κ1) is 74.3. The van der Waals surface area contributed by atoms with E-state index in [1.807, 2.05) is 23.1 Å². The predicted molar refractivity (Wildman–Crippen MR) is 253 cm³/mol. The number of nitrogens with zero attached hydrogens (tertiary/aromatic N) is 4. The molecule has 0 spiro atoms. The number of aliphatic carboxylic acids is 3. The molecule has 0 bridgehead atoms. The van der Waals surface area contributed by atoms with Gasteiger partial charge >= 0.3 is 60.4 Å². The number of pyridine rings is 1. The number of hydrogen-bond acceptors (Lipinski definition) is 13. The molecular formula is C46H78N4O11S2Tc2+2. The first-order valence-electron chi connectivity index (χ1n) is 22.3. The van der Waals surface area contributed by atoms with Crippen LogP contribution >= 0.6 is 0 Å². The Morgan fingerprint density at radius 1 is 0.615 bits per heavy atom. The van der Waals surface area contributed by atoms with Crippen LogP contribution in [0.2, 0.25) is 0 Å². The number of amides is 1. The molecule has 1 radical (unpaired) electrons. The van der Waals surface area contributed by atoms with Crippen LogP contribution in [-0.2, 0) is 108 Å². The molecule has 372 valence electrons. The van der Waals surface area contributed by atoms with E-state index in [2.05, 4.69) is 49.4 Å². The summed E-state index contributed by atoms with van der Waals surface area (Å²) >= 11 is 10.8. The average molecular weight is 1120 g/mol. The molecule has 0 saturated heterocycles. The fraction of sp³-hybridized carbons (Fsp3) is 0.739. The molecule has 1 aromatic rings. The Morgan fingerprint density at radius 2 is 1.09 bits per heavy atom. The van der Waals surface area contributed by atoms with Crippen LogP contribution in [0.1, 0.15) is 154 Å². The van der Waals surface area contributed by atoms with E-state index >= 15 is 0 Å². The quantitative estimate of drug-likeness (QED) is 0.0248. The molecule has 0 aromatic carbocycles. The largest absolute Gasteiger partial charge is 4.00 e. The summed E-state index contributed by atoms with van der Waals surface area (Å²) in [6.45, 7) is 17.9. The van der Waals surface area contributed by atoms with Gasteiger partial charge in [-0.1, -0.05) is 110 Å². The van der Waals surface area contributed by atoms with Crippen LogP contribution in [0.4, 0.5) is 0 Å². The molecule has 1 heterocycles. The smallest absolute Gasteiger partial charge is 4.00 e. The van der Waals surface area contributed by atoms with Gasteiger partial charge in [-0.15, -0.1) is 0 Å². The summed E-state index contributed by atoms with van der Waals surface area (Å²) in [6, 6.07) is 5.71. The summed E-state index contributed by atoms with van der Waals surface area (Å²) in [7, 11) is 0. The van der Waals surface area contributed by atoms with Gasteiger partial charge in [-0.3, -0.25) is 49.5 Å². The zero-order chi connectivity index (χ0) is 49.7. The molecule has 0 aliphatic heterocycles. The molecule has 0 aliphatic rings. The molecule has 1 aromatic heterocycles. The standard InChI is InChI=1S/C22H36N2O4.C21H42N2O3S2.3CHO.O.2Tc/c1-2-3-5-10-19(11-6-4-7-13-21(25)26)14-16-24(18-22(27)28)17-20-12-8-9-15-23-20;1-2-3-5-9-19(10-6-4-7-12-21(25)26)11-8-14-23(15-17-28)18-20(24)22-13-16-27;3*1-2;;;/h8-9,12,15,19H,2-7,10-11,13-14,16-18H2,1H3,(H,25,26)(H,27,28);19H,2-18H2,1H3,(H4,22,24,25,26,27,28);3*1H;;;/q;;3*-1;;2*+4/p-3. The summed E-state index contributed by atoms with van der Waals surface area (Å²) in [6.07, 6.45) is 23.2. The fourth-order valence-corrected chi connectivity index (χ4v) is 7.26. The number of aromatic nitrogens is 1. The van der Waals surface area contributed by atoms with Gasteiger partial charge in [-0.05, 0) is 75.7 Å². The van der Waals surface area contributed by atoms with Crippen molar-refractivity contribution in [3.63, 3.8) is 0 Å². The minimum absolute atomic E-state index is 0. The first-order valence-corrected chi connectivity index (χ1v) is 24.2. The van der Waals surface area contributed by atoms with E-state index in [9.17, 15) is 24.3 Å². The Kier molecular flexibility index (Phi) is 70.6. The fourth-order valence-electron chi connectivity index (χ4n) is 6.91. The van der Waals surface area contributed by atoms with Gasteiger partial charge < -0.3 is 65.1 Å². The van der Waals surface area contributed by atoms with Crippen molar-refractivity contribution in [3.05, 3.63) is 35.4 Å². The van der Waals surface area contributed by atoms with Crippen LogP contribution in [0, 0.1) is 11.8 Å². The molecular weight excluding hydrogens is 1040 g/mol. The van der Waals surface area contributed by atoms with Crippen molar-refractivity contribution in [2.75, 3.05) is 50.8 Å². The van der Waals surface area contributed by atoms with E-state index in [0.29, 0.717) is 43.0 Å². The van der Waals surface area contributed by atoms with Crippen LogP contribution in [0.3, 0.4) is 0 Å². The van der Waals surface area contributed by atoms with Crippen LogP contribution in [0.5, 0.6) is 0 Å². The van der Waals surface area contributed by atoms with E-state index < -0.39 is 17.9 Å². The minimum Gasteiger partial charge on any atom is 4.00 e. The van der Waals surface area contributed by atoms with E-state index in [0.717, 1.165) is 115 Å². The maximum Gasteiger partial charge on any atom is 4.00 e. The molecule has 15 nitrogen and oxygen atoms in total. The van der Waals surface area contributed by atoms with Gasteiger partial charge in [0, 0.05) is 32.1 Å². The van der Waals surface area contributed by atoms with Gasteiger partial charge in [-0.25, -0.2) is 0 Å². The van der Waals surface area contributed by atoms with Crippen LogP contribution in [0.25, 0.3) is 5.32 Å². The number of carboxylic acid groups (broad SMARTS) is 3. The molecule has 65 heavy (non-hydrogen) atoms. The summed E-state index contributed by atoms with van der Waals surface area (Å²) in [5, 5.41) is 30.7. The average Bonchev–Trinajstić information content (AvgIpc) is 3.29. The molecule has 2 unspecified atom stereocenters. The topological polar surface area (TPSA) is 231 Å². The third-order valence-corrected chi connectivity index (χ3v) is 10.4. The number of carbonyl (C=O) groups excluding carboxylic acids is 4. The summed E-state index contributed by atoms with van der Waals surface area (Å²) < 4.78 is 8.22. The maximum atomic E-state index is 11.9. The van der Waals surface area contributed by atoms with Gasteiger partial charge in [0.1, 0.15) is 0 Å². The van der Waals surface area contributed by atoms with E-state index in [1.54, 1.807) is 6.20 Å². The Balaban J connectivity index is -0.000000229. The Labute approximate surface area is 426 Å². The SMILES string of the molecule is CCCCCC(CCCCCC(=O)O)CCCN(CC[S-])CC(=O)[N-]CC[S-].CCCCCC(CCCCCC(=O)O)CCN(CC(=O)O)Cc1ccccn1.[CH-]=O.[CH-]=O.[CH-]=O.[O]=[Tc+4].[Tc+4]. The molecule has 3 N–H and O–H groups in total. The summed E-state index contributed by atoms with van der Waals surface area (Å²) in [5.41, 5.74) is 0.889. The van der Waals surface area contributed by atoms with Gasteiger partial charge in [-0.2, -0.15) is 18.1 Å². The summed E-state index contributed by atoms with van der Waals surface area (Å²) in [4.78, 5) is 76.0. The van der Waals surface area contributed by atoms with Crippen LogP contribution < -0.4 is 0 Å². The number of unbranched alkanes of at least 4 members (excludes halogenated alkanes) is 8. The molecule has 19 heteroatoms. The van der Waals surface area contributed by atoms with Crippen molar-refractivity contribution in [3.8, 4) is 0 Å². The van der Waals surface area contributed by atoms with Crippen molar-refractivity contribution >= 4 is 69.4 Å². The predicted octanol–water partition coefficient (Wildman–Crippen LogP) is 7.94. The third kappa shape index (κ3) is 57.8. The minimum atomic E-state index is -0.813. The number of carbonyl (C=O) groups is 4. The summed E-state index contributed by atoms with van der Waals surface area (Å²) in [5.74, 6) is 0.0435. The molecule has 0 fully saturated rings. The van der Waals surface area contributed by atoms with Crippen LogP contribution in [0.15, 0.2) is 24.4 Å². The normalized spacial score (nSPS) is 10.8. The van der Waals surface area contributed by atoms with Gasteiger partial charge in [0.05, 0.1) is 18.1 Å². The molecule has 1 amide bonds. The Bertz CT molecular complexity index is 1200. The van der Waals surface area contributed by atoms with Crippen molar-refractivity contribution in [1.29, 1.82) is 0 Å². The van der Waals surface area contributed by atoms with Crippen LogP contribution in [-0.4, -0.2) is 125 Å². The van der Waals surface area contributed by atoms with Crippen molar-refractivity contribution in [1.82, 2.24) is 14.8 Å². The van der Waals surface area contributed by atoms with E-state index in [1.165, 1.54) is 51.4 Å². The van der Waals surface area contributed by atoms with E-state index in [-0.39, 0.29) is 45.4 Å². The van der Waals surface area contributed by atoms with Gasteiger partial charge in [0.25, 0.3) is 0 Å². The first-order chi connectivity index (χ1) is 31.0. The number of hydrogen-bond donors (Lipinski definition) is 3. The molecule has 0 saturated carbocycles. The Hall–Kier alpha value is -2.24. The number of rotatable bonds is 37. The second kappa shape index (κ2) is 61.8. The number of carboxylic acids is 3. The van der Waals surface area contributed by atoms with Crippen molar-refractivity contribution in [2.45, 2.75) is 155 Å². The monoisotopic (exact) mass is 1120 g/mol. The van der Waals surface area contributed by atoms with Crippen molar-refractivity contribution in [2.24, 2.45) is 11.8 Å². The second-order valence-corrected chi connectivity index (χ2v) is 15.8. The third-order valence-electron chi connectivity index (χ3n) is 9.99. The maximum absolute atomic E-state index is 11.9. The van der Waals surface area contributed by atoms with E-state index in [4.69, 9.17) is 53.4 Å². The Morgan fingerprint density at radius 3 is 1.51 bits per heavy atom. The zero-order valence-electron chi connectivity index (χ0n) is 38.9. The zero-order valence-corrected chi connectivity index (χ0v) is 44.2. The van der Waals surface area contributed by atoms with Crippen molar-refractivity contribution < 1.29 is 91.3 Å². The molecule has 2 atom stereocenters. The molecule has 0 aliphatic carbocycles. The molecule has 1 rings (SSSR count). The van der Waals surface area contributed by atoms with Gasteiger partial charge in [0.15, 0.2) is 0 Å². The van der Waals surface area contributed by atoms with Gasteiger partial charge in [0.2, 0.25) is 0 Å².